The Morgan fingerprint density at radius 1 is 1.57 bits per heavy atom. The lowest BCUT2D eigenvalue weighted by molar-refractivity contribution is -0.0536. The van der Waals surface area contributed by atoms with E-state index in [1.165, 1.54) is 0 Å². The number of nitrogens with two attached hydrogens (primary N) is 1. The van der Waals surface area contributed by atoms with Gasteiger partial charge in [-0.1, -0.05) is 0 Å². The summed E-state index contributed by atoms with van der Waals surface area (Å²) in [5, 5.41) is 8.77. The van der Waals surface area contributed by atoms with Crippen LogP contribution in [0.3, 0.4) is 0 Å². The Hall–Kier alpha value is -0.160. The second kappa shape index (κ2) is 5.07. The van der Waals surface area contributed by atoms with Crippen LogP contribution in [0.4, 0.5) is 0 Å². The van der Waals surface area contributed by atoms with Crippen molar-refractivity contribution in [2.24, 2.45) is 5.73 Å². The second-order valence-corrected chi connectivity index (χ2v) is 4.58. The van der Waals surface area contributed by atoms with Crippen LogP contribution in [0.15, 0.2) is 0 Å². The molecule has 1 atom stereocenters. The van der Waals surface area contributed by atoms with Crippen LogP contribution in [-0.4, -0.2) is 54.5 Å². The summed E-state index contributed by atoms with van der Waals surface area (Å²) >= 11 is 0. The van der Waals surface area contributed by atoms with Gasteiger partial charge in [-0.25, -0.2) is 0 Å². The zero-order valence-corrected chi connectivity index (χ0v) is 9.20. The van der Waals surface area contributed by atoms with E-state index in [4.69, 9.17) is 15.6 Å². The quantitative estimate of drug-likeness (QED) is 0.663. The molecule has 0 saturated carbocycles. The first kappa shape index (κ1) is 11.9. The van der Waals surface area contributed by atoms with Crippen molar-refractivity contribution in [3.63, 3.8) is 0 Å². The van der Waals surface area contributed by atoms with E-state index in [2.05, 4.69) is 18.7 Å². The van der Waals surface area contributed by atoms with E-state index in [9.17, 15) is 0 Å². The van der Waals surface area contributed by atoms with Gasteiger partial charge >= 0.3 is 0 Å². The number of hydrogen-bond acceptors (Lipinski definition) is 4. The Bertz CT molecular complexity index is 174. The average molecular weight is 202 g/mol. The van der Waals surface area contributed by atoms with Crippen LogP contribution in [-0.2, 0) is 4.74 Å². The number of hydrogen-bond donors (Lipinski definition) is 2. The third kappa shape index (κ3) is 3.20. The van der Waals surface area contributed by atoms with Gasteiger partial charge in [0.05, 0.1) is 13.2 Å². The predicted octanol–water partition coefficient (Wildman–Crippen LogP) is -0.193. The zero-order valence-electron chi connectivity index (χ0n) is 9.20. The highest BCUT2D eigenvalue weighted by molar-refractivity contribution is 4.86. The summed E-state index contributed by atoms with van der Waals surface area (Å²) in [6, 6.07) is 0.0670. The molecule has 1 unspecified atom stereocenters. The zero-order chi connectivity index (χ0) is 10.6. The molecule has 84 valence electrons. The van der Waals surface area contributed by atoms with Crippen LogP contribution < -0.4 is 5.73 Å². The van der Waals surface area contributed by atoms with E-state index in [1.54, 1.807) is 0 Å². The maximum Gasteiger partial charge on any atom is 0.0645 e. The minimum Gasteiger partial charge on any atom is -0.396 e. The number of aliphatic hydroxyl groups is 1. The third-order valence-electron chi connectivity index (χ3n) is 2.77. The molecule has 0 radical (unpaired) electrons. The highest BCUT2D eigenvalue weighted by Crippen LogP contribution is 2.18. The summed E-state index contributed by atoms with van der Waals surface area (Å²) in [7, 11) is 0. The highest BCUT2D eigenvalue weighted by atomic mass is 16.5. The molecule has 0 spiro atoms. The number of morpholine rings is 1. The van der Waals surface area contributed by atoms with Gasteiger partial charge in [0.25, 0.3) is 0 Å². The van der Waals surface area contributed by atoms with E-state index < -0.39 is 0 Å². The van der Waals surface area contributed by atoms with Gasteiger partial charge in [-0.2, -0.15) is 0 Å². The third-order valence-corrected chi connectivity index (χ3v) is 2.77. The van der Waals surface area contributed by atoms with Crippen molar-refractivity contribution in [2.45, 2.75) is 31.8 Å². The molecule has 14 heavy (non-hydrogen) atoms. The van der Waals surface area contributed by atoms with Crippen molar-refractivity contribution in [3.05, 3.63) is 0 Å². The summed E-state index contributed by atoms with van der Waals surface area (Å²) in [4.78, 5) is 2.34. The summed E-state index contributed by atoms with van der Waals surface area (Å²) in [5.74, 6) is 0. The van der Waals surface area contributed by atoms with Gasteiger partial charge in [0.15, 0.2) is 0 Å². The molecule has 0 aromatic carbocycles. The first-order valence-corrected chi connectivity index (χ1v) is 5.25. The summed E-state index contributed by atoms with van der Waals surface area (Å²) in [5.41, 5.74) is 5.97. The standard InChI is InChI=1S/C10H22N2O2/c1-10(2)8-14-6-4-12(10)7-9(11)3-5-13/h9,13H,3-8,11H2,1-2H3. The van der Waals surface area contributed by atoms with Gasteiger partial charge in [-0.05, 0) is 20.3 Å². The fourth-order valence-electron chi connectivity index (χ4n) is 1.77. The molecule has 1 aliphatic rings. The number of rotatable bonds is 4. The molecule has 0 aromatic rings. The fourth-order valence-corrected chi connectivity index (χ4v) is 1.77. The van der Waals surface area contributed by atoms with Gasteiger partial charge in [0.1, 0.15) is 0 Å². The van der Waals surface area contributed by atoms with Crippen LogP contribution in [0.1, 0.15) is 20.3 Å². The highest BCUT2D eigenvalue weighted by Gasteiger charge is 2.30. The minimum absolute atomic E-state index is 0.0670. The molecule has 3 N–H and O–H groups in total. The van der Waals surface area contributed by atoms with E-state index in [0.717, 1.165) is 26.3 Å². The molecule has 1 heterocycles. The van der Waals surface area contributed by atoms with Gasteiger partial charge < -0.3 is 15.6 Å². The molecule has 4 heteroatoms. The van der Waals surface area contributed by atoms with Gasteiger partial charge in [-0.3, -0.25) is 4.90 Å². The van der Waals surface area contributed by atoms with Crippen LogP contribution in [0.2, 0.25) is 0 Å². The maximum absolute atomic E-state index is 8.77. The Labute approximate surface area is 86.0 Å². The summed E-state index contributed by atoms with van der Waals surface area (Å²) in [6.45, 7) is 7.83. The molecular weight excluding hydrogens is 180 g/mol. The van der Waals surface area contributed by atoms with Gasteiger partial charge in [0, 0.05) is 31.3 Å². The van der Waals surface area contributed by atoms with Crippen molar-refractivity contribution in [1.29, 1.82) is 0 Å². The van der Waals surface area contributed by atoms with Gasteiger partial charge in [0.2, 0.25) is 0 Å². The van der Waals surface area contributed by atoms with Gasteiger partial charge in [-0.15, -0.1) is 0 Å². The molecule has 1 saturated heterocycles. The minimum atomic E-state index is 0.0670. The molecule has 0 amide bonds. The van der Waals surface area contributed by atoms with E-state index in [1.807, 2.05) is 0 Å². The van der Waals surface area contributed by atoms with Crippen molar-refractivity contribution in [3.8, 4) is 0 Å². The molecule has 0 aromatic heterocycles. The Kier molecular flexibility index (Phi) is 4.31. The lowest BCUT2D eigenvalue weighted by Crippen LogP contribution is -2.56. The second-order valence-electron chi connectivity index (χ2n) is 4.58. The number of aliphatic hydroxyl groups excluding tert-OH is 1. The van der Waals surface area contributed by atoms with E-state index in [-0.39, 0.29) is 18.2 Å². The van der Waals surface area contributed by atoms with Crippen LogP contribution in [0.5, 0.6) is 0 Å². The first-order valence-electron chi connectivity index (χ1n) is 5.25. The van der Waals surface area contributed by atoms with E-state index in [0.29, 0.717) is 6.42 Å². The fraction of sp³-hybridized carbons (Fsp3) is 1.00. The monoisotopic (exact) mass is 202 g/mol. The maximum atomic E-state index is 8.77. The van der Waals surface area contributed by atoms with Crippen molar-refractivity contribution < 1.29 is 9.84 Å². The molecule has 4 nitrogen and oxygen atoms in total. The summed E-state index contributed by atoms with van der Waals surface area (Å²) in [6.07, 6.45) is 0.674. The molecule has 1 aliphatic heterocycles. The van der Waals surface area contributed by atoms with Crippen LogP contribution in [0.25, 0.3) is 0 Å². The average Bonchev–Trinajstić information content (AvgIpc) is 2.09. The van der Waals surface area contributed by atoms with Crippen molar-refractivity contribution >= 4 is 0 Å². The smallest absolute Gasteiger partial charge is 0.0645 e. The Balaban J connectivity index is 2.41. The number of nitrogens with zero attached hydrogens (tertiary/aromatic N) is 1. The molecule has 1 rings (SSSR count). The predicted molar refractivity (Wildman–Crippen MR) is 56.1 cm³/mol. The molecule has 1 fully saturated rings. The lowest BCUT2D eigenvalue weighted by Gasteiger charge is -2.43. The van der Waals surface area contributed by atoms with Crippen LogP contribution in [0, 0.1) is 0 Å². The normalized spacial score (nSPS) is 24.9. The Morgan fingerprint density at radius 3 is 2.86 bits per heavy atom. The van der Waals surface area contributed by atoms with E-state index >= 15 is 0 Å². The molecular formula is C10H22N2O2. The Morgan fingerprint density at radius 2 is 2.29 bits per heavy atom. The van der Waals surface area contributed by atoms with Crippen molar-refractivity contribution in [1.82, 2.24) is 4.90 Å². The topological polar surface area (TPSA) is 58.7 Å². The van der Waals surface area contributed by atoms with Crippen LogP contribution >= 0.6 is 0 Å². The largest absolute Gasteiger partial charge is 0.396 e. The SMILES string of the molecule is CC1(C)COCCN1CC(N)CCO. The number of ether oxygens (including phenoxy) is 1. The molecule has 0 aliphatic carbocycles. The summed E-state index contributed by atoms with van der Waals surface area (Å²) < 4.78 is 5.42. The first-order chi connectivity index (χ1) is 6.56. The lowest BCUT2D eigenvalue weighted by atomic mass is 10.0. The van der Waals surface area contributed by atoms with Crippen molar-refractivity contribution in [2.75, 3.05) is 32.9 Å². The molecule has 0 bridgehead atoms.